The van der Waals surface area contributed by atoms with Crippen LogP contribution in [0.25, 0.3) is 0 Å². The van der Waals surface area contributed by atoms with Crippen molar-refractivity contribution in [2.24, 2.45) is 0 Å². The largest absolute Gasteiger partial charge is 0.493 e. The number of alkyl carbamates (subject to hydrolysis) is 1. The van der Waals surface area contributed by atoms with Crippen LogP contribution in [0, 0.1) is 0 Å². The van der Waals surface area contributed by atoms with E-state index >= 15 is 0 Å². The molecule has 2 atom stereocenters. The van der Waals surface area contributed by atoms with Crippen molar-refractivity contribution >= 4 is 12.1 Å². The molecule has 3 aromatic carbocycles. The van der Waals surface area contributed by atoms with Gasteiger partial charge in [-0.1, -0.05) is 36.4 Å². The molecule has 41 heavy (non-hydrogen) atoms. The lowest BCUT2D eigenvalue weighted by Gasteiger charge is -2.16. The summed E-state index contributed by atoms with van der Waals surface area (Å²) in [7, 11) is 5.78. The first-order valence-corrected chi connectivity index (χ1v) is 12.9. The minimum absolute atomic E-state index is 0.0514. The molecule has 0 aromatic heterocycles. The fourth-order valence-electron chi connectivity index (χ4n) is 4.93. The number of fused-ring (bicyclic) bond motifs is 1. The molecule has 0 radical (unpaired) electrons. The number of carbonyl (C=O) groups excluding carboxylic acids is 2. The maximum absolute atomic E-state index is 12.8. The predicted octanol–water partition coefficient (Wildman–Crippen LogP) is 4.51. The molecule has 0 aliphatic carbocycles. The monoisotopic (exact) mass is 565 g/mol. The summed E-state index contributed by atoms with van der Waals surface area (Å²) in [4.78, 5) is 25.2. The summed E-state index contributed by atoms with van der Waals surface area (Å²) in [5.74, 6) is 1.53. The van der Waals surface area contributed by atoms with Crippen molar-refractivity contribution in [3.63, 3.8) is 0 Å². The third-order valence-corrected chi connectivity index (χ3v) is 6.87. The first kappa shape index (κ1) is 27.9. The van der Waals surface area contributed by atoms with Crippen LogP contribution in [0.4, 0.5) is 4.79 Å². The maximum Gasteiger partial charge on any atom is 0.407 e. The van der Waals surface area contributed by atoms with Gasteiger partial charge in [-0.15, -0.1) is 0 Å². The zero-order chi connectivity index (χ0) is 28.9. The number of nitrogens with one attached hydrogen (secondary N) is 1. The van der Waals surface area contributed by atoms with E-state index in [9.17, 15) is 9.59 Å². The first-order valence-electron chi connectivity index (χ1n) is 12.9. The van der Waals surface area contributed by atoms with Crippen molar-refractivity contribution in [2.75, 3.05) is 41.8 Å². The molecule has 216 valence electrons. The summed E-state index contributed by atoms with van der Waals surface area (Å²) >= 11 is 0. The highest BCUT2D eigenvalue weighted by Gasteiger charge is 2.48. The van der Waals surface area contributed by atoms with E-state index < -0.39 is 24.3 Å². The van der Waals surface area contributed by atoms with Gasteiger partial charge in [-0.3, -0.25) is 0 Å². The zero-order valence-electron chi connectivity index (χ0n) is 23.2. The maximum atomic E-state index is 12.8. The van der Waals surface area contributed by atoms with Crippen LogP contribution in [0.15, 0.2) is 48.5 Å². The van der Waals surface area contributed by atoms with Crippen molar-refractivity contribution in [1.29, 1.82) is 0 Å². The van der Waals surface area contributed by atoms with Crippen LogP contribution in [-0.2, 0) is 27.2 Å². The van der Waals surface area contributed by atoms with Crippen molar-refractivity contribution in [3.05, 3.63) is 76.3 Å². The molecule has 11 nitrogen and oxygen atoms in total. The Balaban J connectivity index is 1.39. The van der Waals surface area contributed by atoms with E-state index in [4.69, 9.17) is 37.9 Å². The summed E-state index contributed by atoms with van der Waals surface area (Å²) in [5, 5.41) is 2.79. The lowest BCUT2D eigenvalue weighted by atomic mass is 9.93. The average molecular weight is 566 g/mol. The first-order chi connectivity index (χ1) is 20.0. The Kier molecular flexibility index (Phi) is 8.34. The van der Waals surface area contributed by atoms with E-state index in [0.717, 1.165) is 16.7 Å². The van der Waals surface area contributed by atoms with Gasteiger partial charge in [-0.2, -0.15) is 0 Å². The highest BCUT2D eigenvalue weighted by molar-refractivity contribution is 5.95. The summed E-state index contributed by atoms with van der Waals surface area (Å²) in [6.45, 7) is 0.502. The number of rotatable bonds is 11. The van der Waals surface area contributed by atoms with Gasteiger partial charge in [0, 0.05) is 17.7 Å². The highest BCUT2D eigenvalue weighted by atomic mass is 16.7. The van der Waals surface area contributed by atoms with Crippen LogP contribution >= 0.6 is 0 Å². The SMILES string of the molecule is COC(=O)c1c([C@H]2O[C@@H]2c2c(CCNC(=O)OCc3ccccc3)cc3c(c2OC)OCO3)ccc(OC)c1OC. The predicted molar refractivity (Wildman–Crippen MR) is 145 cm³/mol. The van der Waals surface area contributed by atoms with Crippen molar-refractivity contribution < 1.29 is 47.5 Å². The van der Waals surface area contributed by atoms with Gasteiger partial charge in [-0.05, 0) is 29.7 Å². The van der Waals surface area contributed by atoms with Gasteiger partial charge >= 0.3 is 12.1 Å². The van der Waals surface area contributed by atoms with Crippen LogP contribution < -0.4 is 29.0 Å². The van der Waals surface area contributed by atoms with Gasteiger partial charge in [0.1, 0.15) is 24.4 Å². The number of esters is 1. The molecule has 2 aliphatic rings. The number of hydrogen-bond donors (Lipinski definition) is 1. The molecule has 11 heteroatoms. The topological polar surface area (TPSA) is 123 Å². The Bertz CT molecular complexity index is 1420. The minimum Gasteiger partial charge on any atom is -0.493 e. The molecule has 1 amide bonds. The van der Waals surface area contributed by atoms with Crippen molar-refractivity contribution in [3.8, 4) is 28.7 Å². The minimum atomic E-state index is -0.582. The van der Waals surface area contributed by atoms with E-state index in [1.54, 1.807) is 12.1 Å². The van der Waals surface area contributed by atoms with Gasteiger partial charge in [0.15, 0.2) is 23.0 Å². The van der Waals surface area contributed by atoms with Crippen LogP contribution in [0.5, 0.6) is 28.7 Å². The van der Waals surface area contributed by atoms with Crippen LogP contribution in [-0.4, -0.2) is 53.8 Å². The lowest BCUT2D eigenvalue weighted by molar-refractivity contribution is 0.0594. The van der Waals surface area contributed by atoms with Gasteiger partial charge in [0.05, 0.1) is 28.4 Å². The summed E-state index contributed by atoms with van der Waals surface area (Å²) < 4.78 is 44.5. The molecule has 0 spiro atoms. The van der Waals surface area contributed by atoms with E-state index in [1.807, 2.05) is 36.4 Å². The normalized spacial score (nSPS) is 16.5. The van der Waals surface area contributed by atoms with Gasteiger partial charge in [0.25, 0.3) is 0 Å². The fourth-order valence-corrected chi connectivity index (χ4v) is 4.93. The molecule has 2 heterocycles. The number of carbonyl (C=O) groups is 2. The quantitative estimate of drug-likeness (QED) is 0.262. The number of epoxide rings is 1. The van der Waals surface area contributed by atoms with Crippen LogP contribution in [0.3, 0.4) is 0 Å². The second-order valence-electron chi connectivity index (χ2n) is 9.19. The summed E-state index contributed by atoms with van der Waals surface area (Å²) in [6, 6.07) is 14.7. The number of hydrogen-bond acceptors (Lipinski definition) is 10. The third-order valence-electron chi connectivity index (χ3n) is 6.87. The second kappa shape index (κ2) is 12.3. The average Bonchev–Trinajstić information content (AvgIpc) is 3.65. The lowest BCUT2D eigenvalue weighted by Crippen LogP contribution is -2.26. The van der Waals surface area contributed by atoms with E-state index in [-0.39, 0.29) is 31.3 Å². The highest BCUT2D eigenvalue weighted by Crippen LogP contribution is 2.59. The molecule has 2 aliphatic heterocycles. The number of methoxy groups -OCH3 is 4. The molecule has 0 unspecified atom stereocenters. The Morgan fingerprint density at radius 1 is 0.927 bits per heavy atom. The molecule has 1 saturated heterocycles. The molecular formula is C30H31NO10. The Morgan fingerprint density at radius 2 is 1.71 bits per heavy atom. The van der Waals surface area contributed by atoms with Gasteiger partial charge < -0.3 is 43.2 Å². The van der Waals surface area contributed by atoms with Crippen LogP contribution in [0.1, 0.15) is 44.8 Å². The number of ether oxygens (including phenoxy) is 8. The zero-order valence-corrected chi connectivity index (χ0v) is 23.2. The van der Waals surface area contributed by atoms with Crippen LogP contribution in [0.2, 0.25) is 0 Å². The third kappa shape index (κ3) is 5.66. The second-order valence-corrected chi connectivity index (χ2v) is 9.19. The molecule has 1 N–H and O–H groups in total. The molecule has 5 rings (SSSR count). The Morgan fingerprint density at radius 3 is 2.41 bits per heavy atom. The van der Waals surface area contributed by atoms with E-state index in [0.29, 0.717) is 35.0 Å². The van der Waals surface area contributed by atoms with Gasteiger partial charge in [0.2, 0.25) is 12.5 Å². The molecular weight excluding hydrogens is 534 g/mol. The molecule has 0 saturated carbocycles. The molecule has 1 fully saturated rings. The fraction of sp³-hybridized carbons (Fsp3) is 0.333. The number of amides is 1. The van der Waals surface area contributed by atoms with Gasteiger partial charge in [-0.25, -0.2) is 9.59 Å². The Labute approximate surface area is 237 Å². The standard InChI is InChI=1S/C30H31NO10/c1-34-20-11-10-19(23(25(20)35-2)29(32)37-4)24-28(41-24)22-18(14-21-26(27(22)36-3)40-16-39-21)12-13-31-30(33)38-15-17-8-6-5-7-9-17/h5-11,14,24,28H,12-13,15-16H2,1-4H3,(H,31,33)/t24-,28-/m1/s1. The van der Waals surface area contributed by atoms with Crippen molar-refractivity contribution in [2.45, 2.75) is 25.2 Å². The van der Waals surface area contributed by atoms with E-state index in [1.165, 1.54) is 28.4 Å². The number of benzene rings is 3. The molecule has 3 aromatic rings. The summed E-state index contributed by atoms with van der Waals surface area (Å²) in [6.07, 6.45) is -1.11. The summed E-state index contributed by atoms with van der Waals surface area (Å²) in [5.41, 5.74) is 3.23. The molecule has 0 bridgehead atoms. The smallest absolute Gasteiger partial charge is 0.407 e. The van der Waals surface area contributed by atoms with E-state index in [2.05, 4.69) is 5.32 Å². The Hall–Kier alpha value is -4.64. The van der Waals surface area contributed by atoms with Crippen molar-refractivity contribution in [1.82, 2.24) is 5.32 Å².